The van der Waals surface area contributed by atoms with E-state index in [2.05, 4.69) is 19.6 Å². The molecule has 0 radical (unpaired) electrons. The zero-order chi connectivity index (χ0) is 15.5. The van der Waals surface area contributed by atoms with Crippen molar-refractivity contribution in [1.29, 1.82) is 0 Å². The van der Waals surface area contributed by atoms with E-state index in [-0.39, 0.29) is 11.8 Å². The van der Waals surface area contributed by atoms with Crippen molar-refractivity contribution in [3.05, 3.63) is 30.9 Å². The summed E-state index contributed by atoms with van der Waals surface area (Å²) in [6, 6.07) is 0. The van der Waals surface area contributed by atoms with Crippen molar-refractivity contribution >= 4 is 5.91 Å². The monoisotopic (exact) mass is 302 g/mol. The normalized spacial score (nSPS) is 17.6. The number of hydrogen-bond acceptors (Lipinski definition) is 4. The van der Waals surface area contributed by atoms with Crippen LogP contribution in [-0.2, 0) is 18.4 Å². The summed E-state index contributed by atoms with van der Waals surface area (Å²) in [6.07, 6.45) is 8.92. The number of imidazole rings is 1. The number of rotatable bonds is 4. The Hall–Kier alpha value is -2.18. The summed E-state index contributed by atoms with van der Waals surface area (Å²) in [6.45, 7) is 4.14. The van der Waals surface area contributed by atoms with Gasteiger partial charge >= 0.3 is 0 Å². The van der Waals surface area contributed by atoms with Crippen LogP contribution in [0.2, 0.25) is 0 Å². The van der Waals surface area contributed by atoms with Crippen molar-refractivity contribution in [3.8, 4) is 0 Å². The molecule has 1 atom stereocenters. The minimum atomic E-state index is -0.0774. The lowest BCUT2D eigenvalue weighted by Crippen LogP contribution is -2.42. The lowest BCUT2D eigenvalue weighted by molar-refractivity contribution is -0.136. The van der Waals surface area contributed by atoms with Gasteiger partial charge in [0.05, 0.1) is 12.5 Å². The second-order valence-electron chi connectivity index (χ2n) is 6.01. The van der Waals surface area contributed by atoms with E-state index >= 15 is 0 Å². The average molecular weight is 302 g/mol. The maximum atomic E-state index is 12.5. The van der Waals surface area contributed by atoms with Crippen LogP contribution in [0.4, 0.5) is 0 Å². The van der Waals surface area contributed by atoms with Gasteiger partial charge in [0, 0.05) is 38.4 Å². The minimum Gasteiger partial charge on any atom is -0.342 e. The van der Waals surface area contributed by atoms with Crippen molar-refractivity contribution in [2.75, 3.05) is 13.1 Å². The smallest absolute Gasteiger partial charge is 0.227 e. The zero-order valence-corrected chi connectivity index (χ0v) is 13.1. The highest BCUT2D eigenvalue weighted by atomic mass is 16.2. The van der Waals surface area contributed by atoms with E-state index in [0.717, 1.165) is 31.8 Å². The molecular formula is C15H22N6O. The zero-order valence-electron chi connectivity index (χ0n) is 13.1. The molecule has 2 aromatic heterocycles. The first-order chi connectivity index (χ1) is 10.6. The molecule has 0 aliphatic carbocycles. The Kier molecular flexibility index (Phi) is 4.22. The van der Waals surface area contributed by atoms with Gasteiger partial charge < -0.3 is 9.47 Å². The van der Waals surface area contributed by atoms with Gasteiger partial charge in [0.1, 0.15) is 18.5 Å². The van der Waals surface area contributed by atoms with Crippen LogP contribution in [0.5, 0.6) is 0 Å². The largest absolute Gasteiger partial charge is 0.342 e. The molecular weight excluding hydrogens is 280 g/mol. The summed E-state index contributed by atoms with van der Waals surface area (Å²) in [5.41, 5.74) is 0. The Labute approximate surface area is 130 Å². The third kappa shape index (κ3) is 3.03. The van der Waals surface area contributed by atoms with Crippen LogP contribution in [0, 0.1) is 5.92 Å². The number of piperidine rings is 1. The predicted octanol–water partition coefficient (Wildman–Crippen LogP) is 1.05. The van der Waals surface area contributed by atoms with Gasteiger partial charge in [0.15, 0.2) is 0 Å². The van der Waals surface area contributed by atoms with Crippen LogP contribution in [0.1, 0.15) is 31.5 Å². The third-order valence-electron chi connectivity index (χ3n) is 4.38. The highest BCUT2D eigenvalue weighted by Gasteiger charge is 2.28. The molecule has 22 heavy (non-hydrogen) atoms. The molecule has 0 N–H and O–H groups in total. The lowest BCUT2D eigenvalue weighted by Gasteiger charge is -2.33. The molecule has 1 aliphatic heterocycles. The van der Waals surface area contributed by atoms with Gasteiger partial charge in [-0.2, -0.15) is 5.10 Å². The summed E-state index contributed by atoms with van der Waals surface area (Å²) in [5, 5.41) is 4.06. The first-order valence-corrected chi connectivity index (χ1v) is 7.73. The molecule has 1 saturated heterocycles. The summed E-state index contributed by atoms with van der Waals surface area (Å²) in [5.74, 6) is 1.71. The van der Waals surface area contributed by atoms with Crippen LogP contribution in [0.3, 0.4) is 0 Å². The number of carbonyl (C=O) groups is 1. The van der Waals surface area contributed by atoms with Gasteiger partial charge in [-0.1, -0.05) is 6.92 Å². The van der Waals surface area contributed by atoms with Crippen molar-refractivity contribution in [3.63, 3.8) is 0 Å². The second-order valence-corrected chi connectivity index (χ2v) is 6.01. The van der Waals surface area contributed by atoms with Gasteiger partial charge in [0.2, 0.25) is 5.91 Å². The summed E-state index contributed by atoms with van der Waals surface area (Å²) in [7, 11) is 2.03. The number of nitrogens with zero attached hydrogens (tertiary/aromatic N) is 6. The molecule has 0 aromatic carbocycles. The molecule has 7 nitrogen and oxygen atoms in total. The quantitative estimate of drug-likeness (QED) is 0.846. The molecule has 0 bridgehead atoms. The summed E-state index contributed by atoms with van der Waals surface area (Å²) < 4.78 is 3.79. The van der Waals surface area contributed by atoms with E-state index in [0.29, 0.717) is 12.5 Å². The second kappa shape index (κ2) is 6.29. The molecule has 0 saturated carbocycles. The maximum absolute atomic E-state index is 12.5. The Balaban J connectivity index is 1.54. The van der Waals surface area contributed by atoms with E-state index < -0.39 is 0 Å². The molecule has 1 unspecified atom stereocenters. The topological polar surface area (TPSA) is 68.8 Å². The predicted molar refractivity (Wildman–Crippen MR) is 80.9 cm³/mol. The van der Waals surface area contributed by atoms with Crippen molar-refractivity contribution in [1.82, 2.24) is 29.2 Å². The molecule has 118 valence electrons. The van der Waals surface area contributed by atoms with Gasteiger partial charge in [0.25, 0.3) is 0 Å². The highest BCUT2D eigenvalue weighted by Crippen LogP contribution is 2.27. The number of carbonyl (C=O) groups excluding carboxylic acids is 1. The number of aromatic nitrogens is 5. The van der Waals surface area contributed by atoms with Crippen LogP contribution >= 0.6 is 0 Å². The number of amides is 1. The standard InChI is InChI=1S/C15H22N6O/c1-12(9-21-11-16-10-18-21)15(22)20-6-3-13(4-7-20)14-17-5-8-19(14)2/h5,8,10-13H,3-4,6-7,9H2,1-2H3. The number of hydrogen-bond donors (Lipinski definition) is 0. The number of aryl methyl sites for hydroxylation is 1. The van der Waals surface area contributed by atoms with Crippen molar-refractivity contribution in [2.45, 2.75) is 32.2 Å². The Morgan fingerprint density at radius 3 is 2.77 bits per heavy atom. The van der Waals surface area contributed by atoms with Crippen LogP contribution in [-0.4, -0.2) is 48.2 Å². The number of likely N-dealkylation sites (tertiary alicyclic amines) is 1. The molecule has 2 aromatic rings. The van der Waals surface area contributed by atoms with Gasteiger partial charge in [-0.15, -0.1) is 0 Å². The molecule has 3 heterocycles. The first kappa shape index (κ1) is 14.7. The Morgan fingerprint density at radius 1 is 1.41 bits per heavy atom. The van der Waals surface area contributed by atoms with Crippen molar-refractivity contribution < 1.29 is 4.79 Å². The van der Waals surface area contributed by atoms with Crippen molar-refractivity contribution in [2.24, 2.45) is 13.0 Å². The fraction of sp³-hybridized carbons (Fsp3) is 0.600. The molecule has 1 fully saturated rings. The Morgan fingerprint density at radius 2 is 2.18 bits per heavy atom. The SMILES string of the molecule is CC(Cn1cncn1)C(=O)N1CCC(c2nccn2C)CC1. The average Bonchev–Trinajstić information content (AvgIpc) is 3.18. The maximum Gasteiger partial charge on any atom is 0.227 e. The van der Waals surface area contributed by atoms with E-state index in [1.165, 1.54) is 6.33 Å². The Bertz CT molecular complexity index is 612. The van der Waals surface area contributed by atoms with Crippen LogP contribution in [0.25, 0.3) is 0 Å². The lowest BCUT2D eigenvalue weighted by atomic mass is 9.95. The summed E-state index contributed by atoms with van der Waals surface area (Å²) in [4.78, 5) is 22.8. The molecule has 0 spiro atoms. The summed E-state index contributed by atoms with van der Waals surface area (Å²) >= 11 is 0. The van der Waals surface area contributed by atoms with Gasteiger partial charge in [-0.05, 0) is 12.8 Å². The molecule has 7 heteroatoms. The molecule has 1 amide bonds. The van der Waals surface area contributed by atoms with Gasteiger partial charge in [-0.3, -0.25) is 9.48 Å². The van der Waals surface area contributed by atoms with E-state index in [1.807, 2.05) is 31.3 Å². The van der Waals surface area contributed by atoms with Gasteiger partial charge in [-0.25, -0.2) is 9.97 Å². The van der Waals surface area contributed by atoms with Crippen LogP contribution in [0.15, 0.2) is 25.0 Å². The molecule has 3 rings (SSSR count). The first-order valence-electron chi connectivity index (χ1n) is 7.73. The minimum absolute atomic E-state index is 0.0774. The highest BCUT2D eigenvalue weighted by molar-refractivity contribution is 5.78. The third-order valence-corrected chi connectivity index (χ3v) is 4.38. The van der Waals surface area contributed by atoms with E-state index in [1.54, 1.807) is 11.0 Å². The fourth-order valence-electron chi connectivity index (χ4n) is 3.13. The van der Waals surface area contributed by atoms with E-state index in [9.17, 15) is 4.79 Å². The van der Waals surface area contributed by atoms with E-state index in [4.69, 9.17) is 0 Å². The molecule has 1 aliphatic rings. The fourth-order valence-corrected chi connectivity index (χ4v) is 3.13. The van der Waals surface area contributed by atoms with Crippen LogP contribution < -0.4 is 0 Å².